The van der Waals surface area contributed by atoms with E-state index in [1.165, 1.54) is 10.7 Å². The number of nitrogens with two attached hydrogens (primary N) is 1. The number of thioether (sulfide) groups is 1. The molecule has 0 aliphatic rings. The van der Waals surface area contributed by atoms with E-state index in [1.54, 1.807) is 31.4 Å². The van der Waals surface area contributed by atoms with Crippen molar-refractivity contribution in [2.75, 3.05) is 24.0 Å². The molecular formula is C24H20FN5O3S. The monoisotopic (exact) mass is 477 g/mol. The number of carbonyl (C=O) groups is 1. The Morgan fingerprint density at radius 1 is 1.12 bits per heavy atom. The Bertz CT molecular complexity index is 1510. The van der Waals surface area contributed by atoms with Crippen molar-refractivity contribution >= 4 is 45.3 Å². The van der Waals surface area contributed by atoms with Crippen LogP contribution in [0.5, 0.6) is 5.75 Å². The van der Waals surface area contributed by atoms with Crippen LogP contribution >= 0.6 is 11.8 Å². The van der Waals surface area contributed by atoms with Gasteiger partial charge in [0.25, 0.3) is 0 Å². The van der Waals surface area contributed by atoms with Crippen LogP contribution in [0.15, 0.2) is 70.2 Å². The van der Waals surface area contributed by atoms with E-state index >= 15 is 0 Å². The Morgan fingerprint density at radius 3 is 2.74 bits per heavy atom. The molecule has 0 spiro atoms. The van der Waals surface area contributed by atoms with Crippen molar-refractivity contribution in [3.8, 4) is 5.75 Å². The largest absolute Gasteiger partial charge is 0.495 e. The van der Waals surface area contributed by atoms with Gasteiger partial charge in [-0.2, -0.15) is 0 Å². The highest BCUT2D eigenvalue weighted by Crippen LogP contribution is 2.36. The molecule has 2 heterocycles. The summed E-state index contributed by atoms with van der Waals surface area (Å²) < 4.78 is 26.6. The summed E-state index contributed by atoms with van der Waals surface area (Å²) in [4.78, 5) is 12.6. The zero-order valence-corrected chi connectivity index (χ0v) is 18.9. The SMILES string of the molecule is COc1cc2c(cc1NC(=O)CSc1nnc(Cc3ccccc3F)n1N)oc1ccccc12. The average molecular weight is 478 g/mol. The van der Waals surface area contributed by atoms with Gasteiger partial charge in [-0.3, -0.25) is 4.79 Å². The van der Waals surface area contributed by atoms with Gasteiger partial charge in [-0.15, -0.1) is 10.2 Å². The minimum atomic E-state index is -0.338. The molecule has 0 saturated carbocycles. The van der Waals surface area contributed by atoms with Gasteiger partial charge in [0.15, 0.2) is 5.82 Å². The summed E-state index contributed by atoms with van der Waals surface area (Å²) >= 11 is 1.13. The third kappa shape index (κ3) is 4.15. The number of nitrogen functional groups attached to an aromatic ring is 1. The number of methoxy groups -OCH3 is 1. The van der Waals surface area contributed by atoms with E-state index in [4.69, 9.17) is 15.0 Å². The number of rotatable bonds is 7. The summed E-state index contributed by atoms with van der Waals surface area (Å²) in [6.45, 7) is 0. The molecule has 0 bridgehead atoms. The van der Waals surface area contributed by atoms with E-state index in [0.717, 1.165) is 28.1 Å². The maximum atomic E-state index is 13.9. The highest BCUT2D eigenvalue weighted by Gasteiger charge is 2.17. The number of fused-ring (bicyclic) bond motifs is 3. The molecule has 0 aliphatic carbocycles. The zero-order chi connectivity index (χ0) is 23.7. The molecule has 0 unspecified atom stereocenters. The minimum absolute atomic E-state index is 0.0380. The normalized spacial score (nSPS) is 11.2. The van der Waals surface area contributed by atoms with Crippen LogP contribution in [0, 0.1) is 5.82 Å². The Labute approximate surface area is 197 Å². The Kier molecular flexibility index (Phi) is 5.81. The average Bonchev–Trinajstić information content (AvgIpc) is 3.38. The molecule has 10 heteroatoms. The molecule has 34 heavy (non-hydrogen) atoms. The first-order valence-corrected chi connectivity index (χ1v) is 11.4. The third-order valence-corrected chi connectivity index (χ3v) is 6.29. The zero-order valence-electron chi connectivity index (χ0n) is 18.1. The standard InChI is InChI=1S/C24H20FN5O3S/c1-32-21-11-16-15-7-3-5-9-19(15)33-20(16)12-18(21)27-23(31)13-34-24-29-28-22(30(24)26)10-14-6-2-4-8-17(14)25/h2-9,11-12H,10,13,26H2,1H3,(H,27,31). The van der Waals surface area contributed by atoms with Crippen molar-refractivity contribution in [2.24, 2.45) is 0 Å². The van der Waals surface area contributed by atoms with Crippen molar-refractivity contribution < 1.29 is 18.3 Å². The van der Waals surface area contributed by atoms with E-state index in [2.05, 4.69) is 15.5 Å². The van der Waals surface area contributed by atoms with Gasteiger partial charge >= 0.3 is 0 Å². The first-order chi connectivity index (χ1) is 16.5. The van der Waals surface area contributed by atoms with Crippen LogP contribution in [0.4, 0.5) is 10.1 Å². The number of halogens is 1. The number of amides is 1. The van der Waals surface area contributed by atoms with Gasteiger partial charge in [0.2, 0.25) is 11.1 Å². The first kappa shape index (κ1) is 21.8. The predicted molar refractivity (Wildman–Crippen MR) is 129 cm³/mol. The summed E-state index contributed by atoms with van der Waals surface area (Å²) in [7, 11) is 1.54. The molecule has 3 N–H and O–H groups in total. The Hall–Kier alpha value is -4.05. The molecule has 8 nitrogen and oxygen atoms in total. The number of hydrogen-bond acceptors (Lipinski definition) is 7. The number of ether oxygens (including phenoxy) is 1. The lowest BCUT2D eigenvalue weighted by Crippen LogP contribution is -2.18. The molecule has 5 aromatic rings. The summed E-state index contributed by atoms with van der Waals surface area (Å²) in [5.41, 5.74) is 2.36. The van der Waals surface area contributed by atoms with Gasteiger partial charge in [-0.25, -0.2) is 9.07 Å². The molecule has 0 atom stereocenters. The number of para-hydroxylation sites is 1. The van der Waals surface area contributed by atoms with Gasteiger partial charge < -0.3 is 20.3 Å². The van der Waals surface area contributed by atoms with Crippen molar-refractivity contribution in [3.63, 3.8) is 0 Å². The van der Waals surface area contributed by atoms with E-state index in [0.29, 0.717) is 33.6 Å². The first-order valence-electron chi connectivity index (χ1n) is 10.4. The predicted octanol–water partition coefficient (Wildman–Crippen LogP) is 4.36. The second-order valence-electron chi connectivity index (χ2n) is 7.52. The van der Waals surface area contributed by atoms with Crippen LogP contribution in [0.3, 0.4) is 0 Å². The van der Waals surface area contributed by atoms with Gasteiger partial charge in [0.1, 0.15) is 22.7 Å². The van der Waals surface area contributed by atoms with Crippen molar-refractivity contribution in [3.05, 3.63) is 77.9 Å². The van der Waals surface area contributed by atoms with E-state index < -0.39 is 0 Å². The highest BCUT2D eigenvalue weighted by atomic mass is 32.2. The van der Waals surface area contributed by atoms with Crippen molar-refractivity contribution in [1.29, 1.82) is 0 Å². The van der Waals surface area contributed by atoms with Crippen LogP contribution < -0.4 is 15.9 Å². The van der Waals surface area contributed by atoms with Crippen LogP contribution in [0.2, 0.25) is 0 Å². The summed E-state index contributed by atoms with van der Waals surface area (Å²) in [6.07, 6.45) is 0.192. The van der Waals surface area contributed by atoms with Gasteiger partial charge in [0.05, 0.1) is 18.6 Å². The number of nitrogens with zero attached hydrogens (tertiary/aromatic N) is 3. The van der Waals surface area contributed by atoms with Crippen molar-refractivity contribution in [1.82, 2.24) is 14.9 Å². The maximum Gasteiger partial charge on any atom is 0.234 e. The molecule has 5 rings (SSSR count). The molecule has 0 radical (unpaired) electrons. The second-order valence-corrected chi connectivity index (χ2v) is 8.46. The lowest BCUT2D eigenvalue weighted by Gasteiger charge is -2.10. The van der Waals surface area contributed by atoms with Crippen LogP contribution in [0.1, 0.15) is 11.4 Å². The van der Waals surface area contributed by atoms with Crippen LogP contribution in [-0.2, 0) is 11.2 Å². The molecule has 172 valence electrons. The Morgan fingerprint density at radius 2 is 1.91 bits per heavy atom. The molecule has 1 amide bonds. The second kappa shape index (κ2) is 9.06. The summed E-state index contributed by atoms with van der Waals surface area (Å²) in [5.74, 6) is 6.40. The fourth-order valence-corrected chi connectivity index (χ4v) is 4.35. The van der Waals surface area contributed by atoms with E-state index in [9.17, 15) is 9.18 Å². The van der Waals surface area contributed by atoms with Crippen LogP contribution in [0.25, 0.3) is 21.9 Å². The number of furan rings is 1. The smallest absolute Gasteiger partial charge is 0.234 e. The topological polar surface area (TPSA) is 108 Å². The van der Waals surface area contributed by atoms with Crippen molar-refractivity contribution in [2.45, 2.75) is 11.6 Å². The fourth-order valence-electron chi connectivity index (χ4n) is 3.67. The minimum Gasteiger partial charge on any atom is -0.495 e. The number of benzene rings is 3. The third-order valence-electron chi connectivity index (χ3n) is 5.35. The van der Waals surface area contributed by atoms with Gasteiger partial charge in [0, 0.05) is 23.3 Å². The number of nitrogens with one attached hydrogen (secondary N) is 1. The number of hydrogen-bond donors (Lipinski definition) is 2. The quantitative estimate of drug-likeness (QED) is 0.265. The molecule has 3 aromatic carbocycles. The fraction of sp³-hybridized carbons (Fsp3) is 0.125. The number of aromatic nitrogens is 3. The van der Waals surface area contributed by atoms with E-state index in [-0.39, 0.29) is 23.9 Å². The molecular weight excluding hydrogens is 457 g/mol. The number of carbonyl (C=O) groups excluding carboxylic acids is 1. The number of anilines is 1. The van der Waals surface area contributed by atoms with Gasteiger partial charge in [-0.05, 0) is 23.8 Å². The summed E-state index contributed by atoms with van der Waals surface area (Å²) in [5, 5.41) is 13.1. The molecule has 0 aliphatic heterocycles. The van der Waals surface area contributed by atoms with Gasteiger partial charge in [-0.1, -0.05) is 48.2 Å². The molecule has 0 fully saturated rings. The highest BCUT2D eigenvalue weighted by molar-refractivity contribution is 7.99. The Balaban J connectivity index is 1.29. The van der Waals surface area contributed by atoms with E-state index in [1.807, 2.05) is 30.3 Å². The summed E-state index contributed by atoms with van der Waals surface area (Å²) in [6, 6.07) is 17.7. The molecule has 0 saturated heterocycles. The lowest BCUT2D eigenvalue weighted by atomic mass is 10.1. The van der Waals surface area contributed by atoms with Crippen LogP contribution in [-0.4, -0.2) is 33.6 Å². The lowest BCUT2D eigenvalue weighted by molar-refractivity contribution is -0.113. The maximum absolute atomic E-state index is 13.9. The molecule has 2 aromatic heterocycles.